The zero-order chi connectivity index (χ0) is 15.6. The van der Waals surface area contributed by atoms with Gasteiger partial charge in [-0.15, -0.1) is 0 Å². The van der Waals surface area contributed by atoms with Crippen molar-refractivity contribution in [1.82, 2.24) is 4.90 Å². The second kappa shape index (κ2) is 6.77. The lowest BCUT2D eigenvalue weighted by atomic mass is 9.92. The molecular weight excluding hydrogens is 379 g/mol. The van der Waals surface area contributed by atoms with Gasteiger partial charge in [0.05, 0.1) is 0 Å². The molecule has 1 aliphatic heterocycles. The first-order valence-electron chi connectivity index (χ1n) is 7.23. The van der Waals surface area contributed by atoms with Gasteiger partial charge >= 0.3 is 11.8 Å². The molecule has 0 aliphatic carbocycles. The number of likely N-dealkylation sites (tertiary alicyclic amines) is 1. The van der Waals surface area contributed by atoms with Gasteiger partial charge in [0.1, 0.15) is 0 Å². The van der Waals surface area contributed by atoms with Crippen LogP contribution >= 0.6 is 22.6 Å². The van der Waals surface area contributed by atoms with Crippen LogP contribution in [0.2, 0.25) is 0 Å². The van der Waals surface area contributed by atoms with Crippen LogP contribution in [0.15, 0.2) is 18.2 Å². The number of piperidine rings is 1. The summed E-state index contributed by atoms with van der Waals surface area (Å²) in [7, 11) is 0. The topological polar surface area (TPSA) is 49.4 Å². The van der Waals surface area contributed by atoms with Gasteiger partial charge < -0.3 is 10.2 Å². The zero-order valence-corrected chi connectivity index (χ0v) is 14.8. The molecule has 2 rings (SSSR count). The van der Waals surface area contributed by atoms with Gasteiger partial charge in [-0.25, -0.2) is 0 Å². The Balaban J connectivity index is 2.04. The van der Waals surface area contributed by atoms with Crippen molar-refractivity contribution in [2.45, 2.75) is 27.2 Å². The Bertz CT molecular complexity index is 549. The normalized spacial score (nSPS) is 22.0. The minimum atomic E-state index is -0.541. The molecule has 21 heavy (non-hydrogen) atoms. The number of nitrogens with one attached hydrogen (secondary N) is 1. The first-order chi connectivity index (χ1) is 9.86. The van der Waals surface area contributed by atoms with Gasteiger partial charge in [-0.3, -0.25) is 9.59 Å². The average molecular weight is 400 g/mol. The van der Waals surface area contributed by atoms with Crippen molar-refractivity contribution in [3.63, 3.8) is 0 Å². The van der Waals surface area contributed by atoms with E-state index in [0.717, 1.165) is 15.6 Å². The summed E-state index contributed by atoms with van der Waals surface area (Å²) >= 11 is 2.22. The first kappa shape index (κ1) is 16.3. The van der Waals surface area contributed by atoms with E-state index in [0.29, 0.717) is 30.6 Å². The highest BCUT2D eigenvalue weighted by Gasteiger charge is 2.29. The Morgan fingerprint density at radius 1 is 1.24 bits per heavy atom. The van der Waals surface area contributed by atoms with Gasteiger partial charge in [-0.1, -0.05) is 13.8 Å². The van der Waals surface area contributed by atoms with E-state index in [1.807, 2.05) is 25.1 Å². The third-order valence-corrected chi connectivity index (χ3v) is 4.46. The van der Waals surface area contributed by atoms with E-state index < -0.39 is 11.8 Å². The predicted molar refractivity (Wildman–Crippen MR) is 92.1 cm³/mol. The van der Waals surface area contributed by atoms with Crippen LogP contribution in [0.5, 0.6) is 0 Å². The summed E-state index contributed by atoms with van der Waals surface area (Å²) in [6.45, 7) is 7.51. The molecule has 1 N–H and O–H groups in total. The number of carbonyl (C=O) groups excluding carboxylic acids is 2. The fourth-order valence-electron chi connectivity index (χ4n) is 2.92. The molecule has 0 spiro atoms. The Morgan fingerprint density at radius 2 is 1.86 bits per heavy atom. The quantitative estimate of drug-likeness (QED) is 0.582. The Hall–Kier alpha value is -1.11. The van der Waals surface area contributed by atoms with Crippen LogP contribution in [-0.4, -0.2) is 29.8 Å². The molecule has 114 valence electrons. The molecule has 0 radical (unpaired) electrons. The van der Waals surface area contributed by atoms with E-state index in [1.54, 1.807) is 4.90 Å². The van der Waals surface area contributed by atoms with Crippen molar-refractivity contribution in [1.29, 1.82) is 0 Å². The maximum absolute atomic E-state index is 12.3. The minimum absolute atomic E-state index is 0.425. The molecule has 4 nitrogen and oxygen atoms in total. The summed E-state index contributed by atoms with van der Waals surface area (Å²) < 4.78 is 1.10. The summed E-state index contributed by atoms with van der Waals surface area (Å²) in [6, 6.07) is 5.73. The molecule has 2 amide bonds. The van der Waals surface area contributed by atoms with Gasteiger partial charge in [-0.2, -0.15) is 0 Å². The van der Waals surface area contributed by atoms with Crippen LogP contribution in [0.4, 0.5) is 5.69 Å². The summed E-state index contributed by atoms with van der Waals surface area (Å²) in [4.78, 5) is 26.1. The van der Waals surface area contributed by atoms with Gasteiger partial charge in [-0.05, 0) is 71.5 Å². The molecule has 2 unspecified atom stereocenters. The van der Waals surface area contributed by atoms with Crippen LogP contribution < -0.4 is 5.32 Å². The highest BCUT2D eigenvalue weighted by atomic mass is 127. The summed E-state index contributed by atoms with van der Waals surface area (Å²) in [6.07, 6.45) is 1.11. The molecular formula is C16H21IN2O2. The van der Waals surface area contributed by atoms with E-state index in [9.17, 15) is 9.59 Å². The largest absolute Gasteiger partial charge is 0.334 e. The van der Waals surface area contributed by atoms with E-state index >= 15 is 0 Å². The van der Waals surface area contributed by atoms with Gasteiger partial charge in [0, 0.05) is 22.3 Å². The molecule has 0 aromatic heterocycles. The lowest BCUT2D eigenvalue weighted by molar-refractivity contribution is -0.144. The number of amides is 2. The number of benzene rings is 1. The Labute approximate surface area is 139 Å². The lowest BCUT2D eigenvalue weighted by Crippen LogP contribution is -2.47. The van der Waals surface area contributed by atoms with Crippen molar-refractivity contribution in [3.8, 4) is 0 Å². The molecule has 1 aromatic carbocycles. The maximum Gasteiger partial charge on any atom is 0.313 e. The fourth-order valence-corrected chi connectivity index (χ4v) is 3.56. The molecule has 0 saturated carbocycles. The smallest absolute Gasteiger partial charge is 0.313 e. The van der Waals surface area contributed by atoms with E-state index in [-0.39, 0.29) is 0 Å². The van der Waals surface area contributed by atoms with E-state index in [1.165, 1.54) is 0 Å². The predicted octanol–water partition coefficient (Wildman–Crippen LogP) is 3.04. The highest BCUT2D eigenvalue weighted by Crippen LogP contribution is 2.22. The number of aryl methyl sites for hydroxylation is 1. The number of rotatable bonds is 1. The molecule has 1 aliphatic rings. The van der Waals surface area contributed by atoms with Crippen LogP contribution in [0, 0.1) is 22.3 Å². The molecule has 1 heterocycles. The molecule has 2 atom stereocenters. The maximum atomic E-state index is 12.3. The number of hydrogen-bond acceptors (Lipinski definition) is 2. The molecule has 1 saturated heterocycles. The summed E-state index contributed by atoms with van der Waals surface area (Å²) in [5, 5.41) is 2.73. The van der Waals surface area contributed by atoms with E-state index in [2.05, 4.69) is 41.8 Å². The highest BCUT2D eigenvalue weighted by molar-refractivity contribution is 14.1. The first-order valence-corrected chi connectivity index (χ1v) is 8.31. The second-order valence-electron chi connectivity index (χ2n) is 6.07. The second-order valence-corrected chi connectivity index (χ2v) is 7.32. The van der Waals surface area contributed by atoms with Crippen molar-refractivity contribution in [2.24, 2.45) is 11.8 Å². The van der Waals surface area contributed by atoms with Crippen molar-refractivity contribution in [2.75, 3.05) is 18.4 Å². The third kappa shape index (κ3) is 4.18. The van der Waals surface area contributed by atoms with Crippen LogP contribution in [0.3, 0.4) is 0 Å². The molecule has 5 heteroatoms. The Kier molecular flexibility index (Phi) is 5.24. The fraction of sp³-hybridized carbons (Fsp3) is 0.500. The Morgan fingerprint density at radius 3 is 2.43 bits per heavy atom. The SMILES string of the molecule is Cc1cc(I)ccc1NC(=O)C(=O)N1CC(C)CC(C)C1. The monoisotopic (exact) mass is 400 g/mol. The molecule has 1 aromatic rings. The number of halogens is 1. The average Bonchev–Trinajstić information content (AvgIpc) is 2.40. The number of hydrogen-bond donors (Lipinski definition) is 1. The summed E-state index contributed by atoms with van der Waals surface area (Å²) in [5.74, 6) is -0.0666. The molecule has 1 fully saturated rings. The third-order valence-electron chi connectivity index (χ3n) is 3.79. The lowest BCUT2D eigenvalue weighted by Gasteiger charge is -2.34. The van der Waals surface area contributed by atoms with Crippen molar-refractivity contribution in [3.05, 3.63) is 27.3 Å². The van der Waals surface area contributed by atoms with Crippen LogP contribution in [0.1, 0.15) is 25.8 Å². The number of nitrogens with zero attached hydrogens (tertiary/aromatic N) is 1. The van der Waals surface area contributed by atoms with Gasteiger partial charge in [0.15, 0.2) is 0 Å². The minimum Gasteiger partial charge on any atom is -0.334 e. The van der Waals surface area contributed by atoms with Crippen LogP contribution in [0.25, 0.3) is 0 Å². The zero-order valence-electron chi connectivity index (χ0n) is 12.6. The van der Waals surface area contributed by atoms with Gasteiger partial charge in [0.25, 0.3) is 0 Å². The van der Waals surface area contributed by atoms with Gasteiger partial charge in [0.2, 0.25) is 0 Å². The number of anilines is 1. The number of carbonyl (C=O) groups is 2. The summed E-state index contributed by atoms with van der Waals surface area (Å²) in [5.41, 5.74) is 1.66. The van der Waals surface area contributed by atoms with E-state index in [4.69, 9.17) is 0 Å². The van der Waals surface area contributed by atoms with Crippen LogP contribution in [-0.2, 0) is 9.59 Å². The van der Waals surface area contributed by atoms with Crippen molar-refractivity contribution < 1.29 is 9.59 Å². The molecule has 0 bridgehead atoms. The standard InChI is InChI=1S/C16H21IN2O2/c1-10-6-11(2)9-19(8-10)16(21)15(20)18-14-5-4-13(17)7-12(14)3/h4-5,7,10-11H,6,8-9H2,1-3H3,(H,18,20). The van der Waals surface area contributed by atoms with Crippen molar-refractivity contribution >= 4 is 40.1 Å².